The van der Waals surface area contributed by atoms with E-state index >= 15 is 0 Å². The third-order valence-corrected chi connectivity index (χ3v) is 4.53. The SMILES string of the molecule is CCNC(=NCC(O)COCC1CC1)NCCc1c[nH]c2ccccc12. The van der Waals surface area contributed by atoms with Crippen LogP contribution in [0, 0.1) is 5.92 Å². The van der Waals surface area contributed by atoms with Gasteiger partial charge in [-0.15, -0.1) is 0 Å². The molecule has 0 amide bonds. The van der Waals surface area contributed by atoms with Gasteiger partial charge < -0.3 is 25.5 Å². The maximum absolute atomic E-state index is 10.0. The number of aromatic nitrogens is 1. The molecule has 4 N–H and O–H groups in total. The molecule has 6 nitrogen and oxygen atoms in total. The zero-order valence-corrected chi connectivity index (χ0v) is 15.5. The lowest BCUT2D eigenvalue weighted by molar-refractivity contribution is 0.0368. The molecule has 0 bridgehead atoms. The van der Waals surface area contributed by atoms with E-state index in [4.69, 9.17) is 4.74 Å². The van der Waals surface area contributed by atoms with Crippen LogP contribution in [0.25, 0.3) is 10.9 Å². The van der Waals surface area contributed by atoms with E-state index in [9.17, 15) is 5.11 Å². The molecule has 1 aromatic heterocycles. The van der Waals surface area contributed by atoms with Gasteiger partial charge in [0.15, 0.2) is 5.96 Å². The van der Waals surface area contributed by atoms with Gasteiger partial charge in [-0.25, -0.2) is 0 Å². The average molecular weight is 358 g/mol. The summed E-state index contributed by atoms with van der Waals surface area (Å²) in [6.45, 7) is 5.06. The first-order valence-corrected chi connectivity index (χ1v) is 9.59. The Morgan fingerprint density at radius 2 is 2.19 bits per heavy atom. The van der Waals surface area contributed by atoms with Gasteiger partial charge in [-0.3, -0.25) is 4.99 Å². The lowest BCUT2D eigenvalue weighted by Crippen LogP contribution is -2.39. The second-order valence-corrected chi connectivity index (χ2v) is 6.89. The normalized spacial score (nSPS) is 16.0. The van der Waals surface area contributed by atoms with E-state index in [1.165, 1.54) is 23.8 Å². The highest BCUT2D eigenvalue weighted by molar-refractivity contribution is 5.83. The highest BCUT2D eigenvalue weighted by Crippen LogP contribution is 2.28. The lowest BCUT2D eigenvalue weighted by atomic mass is 10.1. The Bertz CT molecular complexity index is 709. The summed E-state index contributed by atoms with van der Waals surface area (Å²) in [6.07, 6.45) is 4.94. The average Bonchev–Trinajstić information content (AvgIpc) is 3.38. The predicted octanol–water partition coefficient (Wildman–Crippen LogP) is 2.05. The fourth-order valence-electron chi connectivity index (χ4n) is 2.90. The van der Waals surface area contributed by atoms with E-state index in [0.717, 1.165) is 37.6 Å². The number of nitrogens with zero attached hydrogens (tertiary/aromatic N) is 1. The summed E-state index contributed by atoms with van der Waals surface area (Å²) in [5, 5.41) is 17.8. The van der Waals surface area contributed by atoms with E-state index < -0.39 is 6.10 Å². The number of aliphatic hydroxyl groups excluding tert-OH is 1. The van der Waals surface area contributed by atoms with Crippen LogP contribution in [0.3, 0.4) is 0 Å². The molecule has 1 saturated carbocycles. The number of aliphatic hydroxyl groups is 1. The molecule has 2 aromatic rings. The summed E-state index contributed by atoms with van der Waals surface area (Å²) in [4.78, 5) is 7.77. The van der Waals surface area contributed by atoms with Crippen molar-refractivity contribution >= 4 is 16.9 Å². The van der Waals surface area contributed by atoms with Crippen molar-refractivity contribution in [2.75, 3.05) is 32.8 Å². The van der Waals surface area contributed by atoms with E-state index in [0.29, 0.717) is 19.1 Å². The third kappa shape index (κ3) is 5.75. The summed E-state index contributed by atoms with van der Waals surface area (Å²) < 4.78 is 5.52. The number of fused-ring (bicyclic) bond motifs is 1. The highest BCUT2D eigenvalue weighted by Gasteiger charge is 2.21. The van der Waals surface area contributed by atoms with Crippen molar-refractivity contribution in [3.05, 3.63) is 36.0 Å². The molecule has 1 unspecified atom stereocenters. The van der Waals surface area contributed by atoms with Crippen LogP contribution in [0.5, 0.6) is 0 Å². The molecule has 1 aromatic carbocycles. The molecule has 6 heteroatoms. The smallest absolute Gasteiger partial charge is 0.191 e. The van der Waals surface area contributed by atoms with E-state index in [1.807, 2.05) is 13.0 Å². The van der Waals surface area contributed by atoms with Crippen LogP contribution in [0.2, 0.25) is 0 Å². The summed E-state index contributed by atoms with van der Waals surface area (Å²) in [5.74, 6) is 1.45. The minimum Gasteiger partial charge on any atom is -0.389 e. The second-order valence-electron chi connectivity index (χ2n) is 6.89. The Morgan fingerprint density at radius 3 is 3.00 bits per heavy atom. The molecule has 3 rings (SSSR count). The standard InChI is InChI=1S/C20H30N4O2/c1-2-21-20(24-12-17(25)14-26-13-15-7-8-15)22-10-9-16-11-23-19-6-4-3-5-18(16)19/h3-6,11,15,17,23,25H,2,7-10,12-14H2,1H3,(H2,21,22,24). The summed E-state index contributed by atoms with van der Waals surface area (Å²) in [7, 11) is 0. The molecule has 142 valence electrons. The molecule has 0 aliphatic heterocycles. The second kappa shape index (κ2) is 9.59. The van der Waals surface area contributed by atoms with Gasteiger partial charge in [0.1, 0.15) is 0 Å². The minimum atomic E-state index is -0.558. The number of H-pyrrole nitrogens is 1. The maximum Gasteiger partial charge on any atom is 0.191 e. The number of para-hydroxylation sites is 1. The number of rotatable bonds is 10. The number of aromatic amines is 1. The number of aliphatic imine (C=N–C) groups is 1. The van der Waals surface area contributed by atoms with Crippen LogP contribution in [0.4, 0.5) is 0 Å². The first-order chi connectivity index (χ1) is 12.8. The number of hydrogen-bond acceptors (Lipinski definition) is 3. The number of benzene rings is 1. The fourth-order valence-corrected chi connectivity index (χ4v) is 2.90. The van der Waals surface area contributed by atoms with Crippen molar-refractivity contribution in [2.45, 2.75) is 32.3 Å². The third-order valence-electron chi connectivity index (χ3n) is 4.53. The zero-order chi connectivity index (χ0) is 18.2. The largest absolute Gasteiger partial charge is 0.389 e. The molecule has 1 fully saturated rings. The zero-order valence-electron chi connectivity index (χ0n) is 15.5. The van der Waals surface area contributed by atoms with Crippen molar-refractivity contribution in [3.8, 4) is 0 Å². The van der Waals surface area contributed by atoms with Crippen LogP contribution in [0.15, 0.2) is 35.5 Å². The summed E-state index contributed by atoms with van der Waals surface area (Å²) in [6, 6.07) is 8.32. The van der Waals surface area contributed by atoms with Crippen molar-refractivity contribution in [1.82, 2.24) is 15.6 Å². The molecule has 1 aliphatic carbocycles. The van der Waals surface area contributed by atoms with Crippen molar-refractivity contribution in [1.29, 1.82) is 0 Å². The van der Waals surface area contributed by atoms with E-state index in [-0.39, 0.29) is 0 Å². The van der Waals surface area contributed by atoms with E-state index in [1.54, 1.807) is 0 Å². The Morgan fingerprint density at radius 1 is 1.35 bits per heavy atom. The van der Waals surface area contributed by atoms with Crippen LogP contribution in [-0.2, 0) is 11.2 Å². The molecular formula is C20H30N4O2. The summed E-state index contributed by atoms with van der Waals surface area (Å²) >= 11 is 0. The molecule has 1 aliphatic rings. The summed E-state index contributed by atoms with van der Waals surface area (Å²) in [5.41, 5.74) is 2.45. The molecule has 0 radical (unpaired) electrons. The number of nitrogens with one attached hydrogen (secondary N) is 3. The number of guanidine groups is 1. The van der Waals surface area contributed by atoms with Gasteiger partial charge in [0.05, 0.1) is 19.3 Å². The van der Waals surface area contributed by atoms with Gasteiger partial charge >= 0.3 is 0 Å². The van der Waals surface area contributed by atoms with Crippen molar-refractivity contribution in [3.63, 3.8) is 0 Å². The Kier molecular flexibility index (Phi) is 6.91. The van der Waals surface area contributed by atoms with Gasteiger partial charge in [0.2, 0.25) is 0 Å². The first-order valence-electron chi connectivity index (χ1n) is 9.59. The minimum absolute atomic E-state index is 0.340. The van der Waals surface area contributed by atoms with Gasteiger partial charge in [0, 0.05) is 36.8 Å². The van der Waals surface area contributed by atoms with Crippen molar-refractivity contribution in [2.24, 2.45) is 10.9 Å². The highest BCUT2D eigenvalue weighted by atomic mass is 16.5. The number of hydrogen-bond donors (Lipinski definition) is 4. The van der Waals surface area contributed by atoms with Crippen molar-refractivity contribution < 1.29 is 9.84 Å². The fraction of sp³-hybridized carbons (Fsp3) is 0.550. The Hall–Kier alpha value is -2.05. The van der Waals surface area contributed by atoms with Gasteiger partial charge in [-0.1, -0.05) is 18.2 Å². The predicted molar refractivity (Wildman–Crippen MR) is 106 cm³/mol. The quantitative estimate of drug-likeness (QED) is 0.387. The lowest BCUT2D eigenvalue weighted by Gasteiger charge is -2.13. The maximum atomic E-state index is 10.0. The van der Waals surface area contributed by atoms with E-state index in [2.05, 4.69) is 45.0 Å². The molecule has 1 heterocycles. The molecular weight excluding hydrogens is 328 g/mol. The Balaban J connectivity index is 1.43. The van der Waals surface area contributed by atoms with Crippen LogP contribution in [0.1, 0.15) is 25.3 Å². The molecule has 26 heavy (non-hydrogen) atoms. The molecule has 1 atom stereocenters. The van der Waals surface area contributed by atoms with Crippen LogP contribution >= 0.6 is 0 Å². The van der Waals surface area contributed by atoms with Crippen LogP contribution in [-0.4, -0.2) is 55.0 Å². The number of ether oxygens (including phenoxy) is 1. The molecule has 0 saturated heterocycles. The van der Waals surface area contributed by atoms with Gasteiger partial charge in [-0.05, 0) is 43.7 Å². The first kappa shape index (κ1) is 18.7. The van der Waals surface area contributed by atoms with Gasteiger partial charge in [-0.2, -0.15) is 0 Å². The Labute approximate surface area is 155 Å². The topological polar surface area (TPSA) is 81.7 Å². The molecule has 0 spiro atoms. The van der Waals surface area contributed by atoms with Crippen LogP contribution < -0.4 is 10.6 Å². The van der Waals surface area contributed by atoms with Gasteiger partial charge in [0.25, 0.3) is 0 Å². The monoisotopic (exact) mass is 358 g/mol.